The van der Waals surface area contributed by atoms with Gasteiger partial charge >= 0.3 is 0 Å². The van der Waals surface area contributed by atoms with Crippen LogP contribution < -0.4 is 0 Å². The summed E-state index contributed by atoms with van der Waals surface area (Å²) in [6.07, 6.45) is 0. The number of hydrogen-bond donors (Lipinski definition) is 0. The van der Waals surface area contributed by atoms with Crippen molar-refractivity contribution in [3.05, 3.63) is 455 Å². The molecule has 0 saturated heterocycles. The van der Waals surface area contributed by atoms with Crippen molar-refractivity contribution < 1.29 is 17.7 Å². The Morgan fingerprint density at radius 2 is 0.469 bits per heavy atom. The van der Waals surface area contributed by atoms with E-state index in [0.717, 1.165) is 183 Å². The molecule has 27 aromatic rings. The maximum Gasteiger partial charge on any atom is 0.145 e. The molecule has 7 nitrogen and oxygen atoms in total. The smallest absolute Gasteiger partial charge is 0.145 e. The molecule has 0 N–H and O–H groups in total. The van der Waals surface area contributed by atoms with Gasteiger partial charge < -0.3 is 31.4 Å². The van der Waals surface area contributed by atoms with Crippen molar-refractivity contribution in [3.63, 3.8) is 0 Å². The Morgan fingerprint density at radius 1 is 0.164 bits per heavy atom. The van der Waals surface area contributed by atoms with Crippen LogP contribution >= 0.6 is 11.3 Å². The molecule has 0 aliphatic carbocycles. The second-order valence-corrected chi connectivity index (χ2v) is 33.8. The summed E-state index contributed by atoms with van der Waals surface area (Å²) in [5, 5.41) is 15.1. The van der Waals surface area contributed by atoms with Gasteiger partial charge in [0.25, 0.3) is 0 Å². The summed E-state index contributed by atoms with van der Waals surface area (Å²) in [7, 11) is 0. The van der Waals surface area contributed by atoms with Gasteiger partial charge in [-0.25, -0.2) is 0 Å². The predicted molar refractivity (Wildman–Crippen MR) is 535 cm³/mol. The second-order valence-electron chi connectivity index (χ2n) is 32.7. The first-order chi connectivity index (χ1) is 63.5. The number of rotatable bonds is 11. The summed E-state index contributed by atoms with van der Waals surface area (Å²) >= 11 is 1.85. The number of benzene rings is 19. The first-order valence-electron chi connectivity index (χ1n) is 43.4. The standard InChI is InChI=1S/C44H29NO.C38H23NO2.C38H23NOS/c1-5-15-30(16-6-1)34-27-35(31-17-7-2-8-18-31)29-36(28-34)45-39-24-14-13-23-37(39)42-40(45)26-25-38-41(32-19-9-3-10-20-32)43(46-44(38)42)33-21-11-4-12-22-33;1-3-11-24(12-4-1)35-29-20-21-32-36(38(29)41-37(35)25-13-5-2-6-14-25)28-16-7-9-17-31(28)39(32)26-19-22-34-30(23-26)27-15-8-10-18-33(27)40-34;1-3-11-24(12-4-1)35-29-20-21-32-36(38(29)40-37(35)25-13-5-2-6-14-25)28-16-7-9-17-31(28)39(32)26-19-22-34-30(23-26)27-15-8-10-18-33(27)41-34/h1-29H;2*1-23H. The van der Waals surface area contributed by atoms with Crippen molar-refractivity contribution in [2.75, 3.05) is 0 Å². The summed E-state index contributed by atoms with van der Waals surface area (Å²) in [4.78, 5) is 0. The van der Waals surface area contributed by atoms with Crippen molar-refractivity contribution in [1.82, 2.24) is 13.7 Å². The Labute approximate surface area is 739 Å². The van der Waals surface area contributed by atoms with E-state index in [9.17, 15) is 0 Å². The highest BCUT2D eigenvalue weighted by Gasteiger charge is 2.29. The lowest BCUT2D eigenvalue weighted by Gasteiger charge is -2.14. The molecular weight excluding hydrogens is 1580 g/mol. The zero-order valence-corrected chi connectivity index (χ0v) is 70.0. The zero-order chi connectivity index (χ0) is 84.3. The van der Waals surface area contributed by atoms with Crippen molar-refractivity contribution in [2.24, 2.45) is 0 Å². The first-order valence-corrected chi connectivity index (χ1v) is 44.2. The Balaban J connectivity index is 0.000000104. The molecule has 0 fully saturated rings. The van der Waals surface area contributed by atoms with Crippen LogP contribution in [0, 0.1) is 0 Å². The number of nitrogens with zero attached hydrogens (tertiary/aromatic N) is 3. The van der Waals surface area contributed by atoms with Crippen molar-refractivity contribution in [3.8, 4) is 107 Å². The van der Waals surface area contributed by atoms with E-state index in [0.29, 0.717) is 0 Å². The van der Waals surface area contributed by atoms with E-state index < -0.39 is 0 Å². The molecule has 600 valence electrons. The van der Waals surface area contributed by atoms with E-state index in [1.807, 2.05) is 41.7 Å². The topological polar surface area (TPSA) is 67.3 Å². The average molecular weight is 1660 g/mol. The van der Waals surface area contributed by atoms with Gasteiger partial charge in [0, 0.05) is 114 Å². The summed E-state index contributed by atoms with van der Waals surface area (Å²) in [5.74, 6) is 2.69. The minimum atomic E-state index is 0.891. The number of thiophene rings is 1. The molecule has 27 rings (SSSR count). The summed E-state index contributed by atoms with van der Waals surface area (Å²) < 4.78 is 36.7. The second kappa shape index (κ2) is 30.6. The summed E-state index contributed by atoms with van der Waals surface area (Å²) in [6.45, 7) is 0. The predicted octanol–water partition coefficient (Wildman–Crippen LogP) is 34.2. The van der Waals surface area contributed by atoms with Crippen LogP contribution in [-0.2, 0) is 0 Å². The Kier molecular flexibility index (Phi) is 17.7. The normalized spacial score (nSPS) is 11.8. The summed E-state index contributed by atoms with van der Waals surface area (Å²) in [6, 6.07) is 161. The van der Waals surface area contributed by atoms with Gasteiger partial charge in [-0.3, -0.25) is 0 Å². The molecule has 0 radical (unpaired) electrons. The molecule has 0 aliphatic rings. The Morgan fingerprint density at radius 3 is 0.875 bits per heavy atom. The van der Waals surface area contributed by atoms with Gasteiger partial charge in [0.1, 0.15) is 45.2 Å². The number of fused-ring (bicyclic) bond motifs is 21. The number of furan rings is 4. The van der Waals surface area contributed by atoms with Crippen LogP contribution in [-0.4, -0.2) is 13.7 Å². The van der Waals surface area contributed by atoms with Gasteiger partial charge in [-0.15, -0.1) is 11.3 Å². The van der Waals surface area contributed by atoms with E-state index in [-0.39, 0.29) is 0 Å². The molecule has 8 aromatic heterocycles. The molecular formula is C120H75N3O4S. The van der Waals surface area contributed by atoms with Gasteiger partial charge in [0.15, 0.2) is 0 Å². The quantitative estimate of drug-likeness (QED) is 0.129. The minimum Gasteiger partial charge on any atom is -0.456 e. The van der Waals surface area contributed by atoms with E-state index in [2.05, 4.69) is 438 Å². The monoisotopic (exact) mass is 1650 g/mol. The maximum absolute atomic E-state index is 6.98. The highest BCUT2D eigenvalue weighted by molar-refractivity contribution is 7.25. The molecule has 0 bridgehead atoms. The lowest BCUT2D eigenvalue weighted by molar-refractivity contribution is 0.635. The Hall–Kier alpha value is -16.8. The zero-order valence-electron chi connectivity index (χ0n) is 69.2. The van der Waals surface area contributed by atoms with E-state index in [1.54, 1.807) is 0 Å². The third kappa shape index (κ3) is 12.2. The van der Waals surface area contributed by atoms with Crippen molar-refractivity contribution in [1.29, 1.82) is 0 Å². The molecule has 128 heavy (non-hydrogen) atoms. The average Bonchev–Trinajstić information content (AvgIpc) is 1.56. The SMILES string of the molecule is c1ccc(-c2cc(-c3ccccc3)cc(-n3c4ccccc4c4c5oc(-c6ccccc6)c(-c6ccccc6)c5ccc43)c2)cc1.c1ccc(-c2oc3c(ccc4c3c3ccccc3n4-c3ccc4oc5ccccc5c4c3)c2-c2ccccc2)cc1.c1ccc(-c2oc3c(ccc4c3c3ccccc3n4-c3ccc4sc5ccccc5c4c3)c2-c2ccccc2)cc1. The number of para-hydroxylation sites is 4. The number of aromatic nitrogens is 3. The molecule has 0 spiro atoms. The van der Waals surface area contributed by atoms with Crippen molar-refractivity contribution in [2.45, 2.75) is 0 Å². The third-order valence-corrected chi connectivity index (χ3v) is 26.5. The minimum absolute atomic E-state index is 0.891. The van der Waals surface area contributed by atoms with Gasteiger partial charge in [-0.05, 0) is 160 Å². The molecule has 8 heteroatoms. The fourth-order valence-corrected chi connectivity index (χ4v) is 20.8. The third-order valence-electron chi connectivity index (χ3n) is 25.4. The van der Waals surface area contributed by atoms with Gasteiger partial charge in [-0.2, -0.15) is 0 Å². The lowest BCUT2D eigenvalue weighted by Crippen LogP contribution is -1.96. The van der Waals surface area contributed by atoms with Crippen LogP contribution in [0.15, 0.2) is 473 Å². The summed E-state index contributed by atoms with van der Waals surface area (Å²) in [5.41, 5.74) is 29.5. The van der Waals surface area contributed by atoms with E-state index in [1.165, 1.54) is 64.1 Å². The maximum atomic E-state index is 6.98. The van der Waals surface area contributed by atoms with Gasteiger partial charge in [-0.1, -0.05) is 334 Å². The fraction of sp³-hybridized carbons (Fsp3) is 0. The Bertz CT molecular complexity index is 8560. The fourth-order valence-electron chi connectivity index (χ4n) is 19.7. The van der Waals surface area contributed by atoms with Crippen molar-refractivity contribution >= 4 is 152 Å². The van der Waals surface area contributed by atoms with E-state index >= 15 is 0 Å². The lowest BCUT2D eigenvalue weighted by atomic mass is 9.97. The van der Waals surface area contributed by atoms with E-state index in [4.69, 9.17) is 17.7 Å². The van der Waals surface area contributed by atoms with Gasteiger partial charge in [0.2, 0.25) is 0 Å². The first kappa shape index (κ1) is 73.9. The molecule has 0 unspecified atom stereocenters. The number of hydrogen-bond acceptors (Lipinski definition) is 5. The van der Waals surface area contributed by atoms with Crippen LogP contribution in [0.4, 0.5) is 0 Å². The highest BCUT2D eigenvalue weighted by Crippen LogP contribution is 2.52. The van der Waals surface area contributed by atoms with Gasteiger partial charge in [0.05, 0.1) is 49.3 Å². The molecule has 19 aromatic carbocycles. The molecule has 8 heterocycles. The molecule has 0 aliphatic heterocycles. The highest BCUT2D eigenvalue weighted by atomic mass is 32.1. The largest absolute Gasteiger partial charge is 0.456 e. The molecule has 0 atom stereocenters. The molecule has 0 saturated carbocycles. The molecule has 0 amide bonds. The van der Waals surface area contributed by atoms with Crippen LogP contribution in [0.25, 0.3) is 247 Å². The van der Waals surface area contributed by atoms with Crippen LogP contribution in [0.3, 0.4) is 0 Å². The van der Waals surface area contributed by atoms with Crippen LogP contribution in [0.1, 0.15) is 0 Å². The van der Waals surface area contributed by atoms with Crippen LogP contribution in [0.2, 0.25) is 0 Å². The van der Waals surface area contributed by atoms with Crippen LogP contribution in [0.5, 0.6) is 0 Å².